The molecule has 0 amide bonds. The van der Waals surface area contributed by atoms with Crippen LogP contribution >= 0.6 is 15.9 Å². The van der Waals surface area contributed by atoms with E-state index in [2.05, 4.69) is 26.0 Å². The zero-order chi connectivity index (χ0) is 15.9. The lowest BCUT2D eigenvalue weighted by Gasteiger charge is -2.19. The normalized spacial score (nSPS) is 13.2. The monoisotopic (exact) mass is 369 g/mol. The number of ether oxygens (including phenoxy) is 2. The van der Waals surface area contributed by atoms with Gasteiger partial charge in [-0.1, -0.05) is 13.0 Å². The number of hydrogen-bond donors (Lipinski definition) is 1. The van der Waals surface area contributed by atoms with Crippen LogP contribution in [-0.4, -0.2) is 33.0 Å². The first-order valence-corrected chi connectivity index (χ1v) is 7.38. The number of benzene rings is 1. The van der Waals surface area contributed by atoms with Crippen LogP contribution < -0.4 is 10.1 Å². The molecule has 0 saturated heterocycles. The van der Waals surface area contributed by atoms with Crippen LogP contribution in [0.1, 0.15) is 24.9 Å². The highest BCUT2D eigenvalue weighted by Gasteiger charge is 2.27. The average Bonchev–Trinajstić information content (AvgIpc) is 2.41. The Morgan fingerprint density at radius 1 is 1.33 bits per heavy atom. The predicted molar refractivity (Wildman–Crippen MR) is 78.6 cm³/mol. The second-order valence-electron chi connectivity index (χ2n) is 4.46. The molecular weight excluding hydrogens is 351 g/mol. The zero-order valence-corrected chi connectivity index (χ0v) is 13.6. The number of halogens is 4. The standard InChI is InChI=1S/C14H19BrF3NO2/c1-3-19-12(6-7-21-9-14(16,17)18)10-4-5-13(20-2)11(15)8-10/h4-5,8,12,19H,3,6-7,9H2,1-2H3. The molecule has 120 valence electrons. The lowest BCUT2D eigenvalue weighted by Crippen LogP contribution is -2.24. The van der Waals surface area contributed by atoms with E-state index in [0.29, 0.717) is 18.7 Å². The molecule has 21 heavy (non-hydrogen) atoms. The summed E-state index contributed by atoms with van der Waals surface area (Å²) in [5.41, 5.74) is 0.972. The van der Waals surface area contributed by atoms with Crippen molar-refractivity contribution >= 4 is 15.9 Å². The van der Waals surface area contributed by atoms with Gasteiger partial charge in [0.15, 0.2) is 0 Å². The van der Waals surface area contributed by atoms with Crippen molar-refractivity contribution in [2.75, 3.05) is 26.9 Å². The fourth-order valence-corrected chi connectivity index (χ4v) is 2.48. The molecule has 1 unspecified atom stereocenters. The van der Waals surface area contributed by atoms with E-state index in [9.17, 15) is 13.2 Å². The molecule has 1 rings (SSSR count). The Labute approximate surface area is 130 Å². The second kappa shape index (κ2) is 8.60. The minimum atomic E-state index is -4.28. The van der Waals surface area contributed by atoms with Crippen molar-refractivity contribution in [1.82, 2.24) is 5.32 Å². The Balaban J connectivity index is 2.62. The van der Waals surface area contributed by atoms with Gasteiger partial charge >= 0.3 is 6.18 Å². The smallest absolute Gasteiger partial charge is 0.411 e. The fourth-order valence-electron chi connectivity index (χ4n) is 1.92. The van der Waals surface area contributed by atoms with Crippen LogP contribution in [0.5, 0.6) is 5.75 Å². The topological polar surface area (TPSA) is 30.5 Å². The Morgan fingerprint density at radius 2 is 2.05 bits per heavy atom. The maximum atomic E-state index is 12.0. The van der Waals surface area contributed by atoms with Gasteiger partial charge in [-0.25, -0.2) is 0 Å². The third-order valence-electron chi connectivity index (χ3n) is 2.85. The molecule has 0 aliphatic heterocycles. The Morgan fingerprint density at radius 3 is 2.57 bits per heavy atom. The summed E-state index contributed by atoms with van der Waals surface area (Å²) in [5.74, 6) is 0.710. The van der Waals surface area contributed by atoms with Gasteiger partial charge in [0.25, 0.3) is 0 Å². The zero-order valence-electron chi connectivity index (χ0n) is 12.0. The van der Waals surface area contributed by atoms with Crippen LogP contribution in [0.25, 0.3) is 0 Å². The van der Waals surface area contributed by atoms with Gasteiger partial charge in [-0.3, -0.25) is 0 Å². The molecule has 0 aliphatic rings. The number of methoxy groups -OCH3 is 1. The van der Waals surface area contributed by atoms with Gasteiger partial charge in [-0.15, -0.1) is 0 Å². The summed E-state index contributed by atoms with van der Waals surface area (Å²) in [4.78, 5) is 0. The van der Waals surface area contributed by atoms with E-state index < -0.39 is 12.8 Å². The molecule has 1 aromatic carbocycles. The number of rotatable bonds is 8. The molecule has 3 nitrogen and oxygen atoms in total. The van der Waals surface area contributed by atoms with E-state index in [0.717, 1.165) is 10.0 Å². The average molecular weight is 370 g/mol. The first-order chi connectivity index (χ1) is 9.87. The van der Waals surface area contributed by atoms with Crippen LogP contribution in [0.15, 0.2) is 22.7 Å². The molecule has 0 fully saturated rings. The summed E-state index contributed by atoms with van der Waals surface area (Å²) in [7, 11) is 1.58. The van der Waals surface area contributed by atoms with Gasteiger partial charge < -0.3 is 14.8 Å². The molecule has 1 aromatic rings. The lowest BCUT2D eigenvalue weighted by atomic mass is 10.0. The third kappa shape index (κ3) is 6.67. The van der Waals surface area contributed by atoms with E-state index in [4.69, 9.17) is 4.74 Å². The highest BCUT2D eigenvalue weighted by Crippen LogP contribution is 2.29. The molecule has 0 saturated carbocycles. The highest BCUT2D eigenvalue weighted by atomic mass is 79.9. The molecule has 1 N–H and O–H groups in total. The van der Waals surface area contributed by atoms with Crippen molar-refractivity contribution in [3.8, 4) is 5.75 Å². The van der Waals surface area contributed by atoms with Crippen molar-refractivity contribution in [2.45, 2.75) is 25.6 Å². The van der Waals surface area contributed by atoms with Crippen LogP contribution in [0, 0.1) is 0 Å². The molecule has 0 aromatic heterocycles. The summed E-state index contributed by atoms with van der Waals surface area (Å²) in [6.45, 7) is 1.49. The van der Waals surface area contributed by atoms with Crippen LogP contribution in [-0.2, 0) is 4.74 Å². The fraction of sp³-hybridized carbons (Fsp3) is 0.571. The van der Waals surface area contributed by atoms with Gasteiger partial charge in [-0.2, -0.15) is 13.2 Å². The van der Waals surface area contributed by atoms with Gasteiger partial charge in [0.2, 0.25) is 0 Å². The lowest BCUT2D eigenvalue weighted by molar-refractivity contribution is -0.174. The summed E-state index contributed by atoms with van der Waals surface area (Å²) in [6.07, 6.45) is -3.82. The summed E-state index contributed by atoms with van der Waals surface area (Å²) in [5, 5.41) is 3.24. The molecule has 0 heterocycles. The van der Waals surface area contributed by atoms with Crippen molar-refractivity contribution in [3.63, 3.8) is 0 Å². The summed E-state index contributed by atoms with van der Waals surface area (Å²) >= 11 is 3.40. The molecule has 7 heteroatoms. The van der Waals surface area contributed by atoms with Crippen molar-refractivity contribution in [1.29, 1.82) is 0 Å². The maximum Gasteiger partial charge on any atom is 0.411 e. The first-order valence-electron chi connectivity index (χ1n) is 6.58. The van der Waals surface area contributed by atoms with Crippen molar-refractivity contribution in [3.05, 3.63) is 28.2 Å². The number of hydrogen-bond acceptors (Lipinski definition) is 3. The Hall–Kier alpha value is -0.790. The first kappa shape index (κ1) is 18.3. The Bertz CT molecular complexity index is 441. The Kier molecular flexibility index (Phi) is 7.48. The number of nitrogens with one attached hydrogen (secondary N) is 1. The second-order valence-corrected chi connectivity index (χ2v) is 5.32. The maximum absolute atomic E-state index is 12.0. The van der Waals surface area contributed by atoms with Gasteiger partial charge in [0, 0.05) is 12.6 Å². The number of alkyl halides is 3. The van der Waals surface area contributed by atoms with E-state index >= 15 is 0 Å². The molecule has 0 radical (unpaired) electrons. The minimum Gasteiger partial charge on any atom is -0.496 e. The SMILES string of the molecule is CCNC(CCOCC(F)(F)F)c1ccc(OC)c(Br)c1. The molecule has 0 bridgehead atoms. The van der Waals surface area contributed by atoms with Crippen LogP contribution in [0.2, 0.25) is 0 Å². The van der Waals surface area contributed by atoms with Gasteiger partial charge in [0.1, 0.15) is 12.4 Å². The van der Waals surface area contributed by atoms with Crippen LogP contribution in [0.4, 0.5) is 13.2 Å². The van der Waals surface area contributed by atoms with E-state index in [1.165, 1.54) is 0 Å². The van der Waals surface area contributed by atoms with Crippen molar-refractivity contribution in [2.24, 2.45) is 0 Å². The molecule has 1 atom stereocenters. The van der Waals surface area contributed by atoms with Gasteiger partial charge in [-0.05, 0) is 46.6 Å². The summed E-state index contributed by atoms with van der Waals surface area (Å²) < 4.78 is 46.7. The predicted octanol–water partition coefficient (Wildman–Crippen LogP) is 4.08. The minimum absolute atomic E-state index is 0.0425. The molecule has 0 spiro atoms. The van der Waals surface area contributed by atoms with Gasteiger partial charge in [0.05, 0.1) is 11.6 Å². The molecular formula is C14H19BrF3NO2. The van der Waals surface area contributed by atoms with Crippen LogP contribution in [0.3, 0.4) is 0 Å². The highest BCUT2D eigenvalue weighted by molar-refractivity contribution is 9.10. The summed E-state index contributed by atoms with van der Waals surface area (Å²) in [6, 6.07) is 5.54. The third-order valence-corrected chi connectivity index (χ3v) is 3.47. The largest absolute Gasteiger partial charge is 0.496 e. The van der Waals surface area contributed by atoms with E-state index in [-0.39, 0.29) is 12.6 Å². The van der Waals surface area contributed by atoms with E-state index in [1.807, 2.05) is 25.1 Å². The van der Waals surface area contributed by atoms with Crippen molar-refractivity contribution < 1.29 is 22.6 Å². The quantitative estimate of drug-likeness (QED) is 0.700. The molecule has 0 aliphatic carbocycles. The van der Waals surface area contributed by atoms with E-state index in [1.54, 1.807) is 7.11 Å².